The summed E-state index contributed by atoms with van der Waals surface area (Å²) in [7, 11) is 0. The van der Waals surface area contributed by atoms with E-state index in [1.54, 1.807) is 13.1 Å². The van der Waals surface area contributed by atoms with Crippen LogP contribution in [0.3, 0.4) is 0 Å². The van der Waals surface area contributed by atoms with Crippen LogP contribution >= 0.6 is 11.6 Å². The van der Waals surface area contributed by atoms with Crippen molar-refractivity contribution in [2.75, 3.05) is 13.2 Å². The van der Waals surface area contributed by atoms with Crippen molar-refractivity contribution in [3.05, 3.63) is 40.1 Å². The summed E-state index contributed by atoms with van der Waals surface area (Å²) in [6.07, 6.45) is 3.66. The first kappa shape index (κ1) is 18.8. The first-order valence-electron chi connectivity index (χ1n) is 9.14. The van der Waals surface area contributed by atoms with E-state index in [0.29, 0.717) is 17.4 Å². The molecule has 0 aromatic heterocycles. The number of ketones is 1. The van der Waals surface area contributed by atoms with Crippen LogP contribution in [0.5, 0.6) is 5.75 Å². The van der Waals surface area contributed by atoms with Crippen molar-refractivity contribution in [1.29, 1.82) is 0 Å². The summed E-state index contributed by atoms with van der Waals surface area (Å²) in [6, 6.07) is 4.00. The quantitative estimate of drug-likeness (QED) is 0.576. The molecule has 6 heteroatoms. The van der Waals surface area contributed by atoms with Crippen LogP contribution in [0.1, 0.15) is 50.8 Å². The Morgan fingerprint density at radius 2 is 2.00 bits per heavy atom. The van der Waals surface area contributed by atoms with E-state index in [2.05, 4.69) is 11.8 Å². The Balaban J connectivity index is 2.02. The van der Waals surface area contributed by atoms with Crippen molar-refractivity contribution in [3.63, 3.8) is 0 Å². The number of hydrogen-bond acceptors (Lipinski definition) is 5. The Kier molecular flexibility index (Phi) is 5.56. The molecule has 3 rings (SSSR count). The molecule has 0 fully saturated rings. The van der Waals surface area contributed by atoms with E-state index in [9.17, 15) is 9.59 Å². The van der Waals surface area contributed by atoms with E-state index in [1.165, 1.54) is 0 Å². The average molecular weight is 378 g/mol. The highest BCUT2D eigenvalue weighted by Crippen LogP contribution is 2.43. The summed E-state index contributed by atoms with van der Waals surface area (Å²) in [6.45, 7) is 6.57. The van der Waals surface area contributed by atoms with Crippen molar-refractivity contribution in [2.24, 2.45) is 0 Å². The van der Waals surface area contributed by atoms with Gasteiger partial charge in [0.15, 0.2) is 5.78 Å². The molecule has 0 saturated carbocycles. The Hall–Kier alpha value is -2.01. The summed E-state index contributed by atoms with van der Waals surface area (Å²) >= 11 is 6.38. The lowest BCUT2D eigenvalue weighted by Gasteiger charge is -2.45. The van der Waals surface area contributed by atoms with E-state index in [0.717, 1.165) is 24.0 Å². The van der Waals surface area contributed by atoms with Gasteiger partial charge in [-0.3, -0.25) is 4.79 Å². The summed E-state index contributed by atoms with van der Waals surface area (Å²) in [5.41, 5.74) is 2.34. The van der Waals surface area contributed by atoms with Crippen LogP contribution < -0.4 is 4.74 Å². The molecule has 0 spiro atoms. The van der Waals surface area contributed by atoms with E-state index in [1.807, 2.05) is 19.1 Å². The van der Waals surface area contributed by atoms with Crippen LogP contribution in [0.15, 0.2) is 23.9 Å². The number of esters is 1. The Bertz CT molecular complexity index is 758. The second kappa shape index (κ2) is 7.70. The molecule has 1 aromatic rings. The summed E-state index contributed by atoms with van der Waals surface area (Å²) in [5, 5.41) is 0.549. The molecule has 0 N–H and O–H groups in total. The SMILES string of the molecule is CCOC(=O)C1=CN2C(CC)Cc3cc(OCC)c(Cl)cc3C2CC1=O. The smallest absolute Gasteiger partial charge is 0.343 e. The van der Waals surface area contributed by atoms with Crippen LogP contribution in [-0.2, 0) is 20.7 Å². The number of benzene rings is 1. The van der Waals surface area contributed by atoms with Crippen molar-refractivity contribution >= 4 is 23.4 Å². The monoisotopic (exact) mass is 377 g/mol. The summed E-state index contributed by atoms with van der Waals surface area (Å²) in [4.78, 5) is 26.8. The van der Waals surface area contributed by atoms with Crippen LogP contribution in [0.25, 0.3) is 0 Å². The molecule has 26 heavy (non-hydrogen) atoms. The molecular weight excluding hydrogens is 354 g/mol. The van der Waals surface area contributed by atoms with Gasteiger partial charge in [0.1, 0.15) is 11.3 Å². The van der Waals surface area contributed by atoms with Gasteiger partial charge in [0.05, 0.1) is 24.3 Å². The van der Waals surface area contributed by atoms with E-state index < -0.39 is 5.97 Å². The van der Waals surface area contributed by atoms with E-state index in [4.69, 9.17) is 21.1 Å². The maximum Gasteiger partial charge on any atom is 0.343 e. The van der Waals surface area contributed by atoms with Crippen molar-refractivity contribution in [1.82, 2.24) is 4.90 Å². The van der Waals surface area contributed by atoms with Gasteiger partial charge in [0.25, 0.3) is 0 Å². The van der Waals surface area contributed by atoms with Gasteiger partial charge in [-0.15, -0.1) is 0 Å². The highest BCUT2D eigenvalue weighted by Gasteiger charge is 2.39. The number of fused-ring (bicyclic) bond motifs is 3. The Morgan fingerprint density at radius 3 is 2.65 bits per heavy atom. The second-order valence-electron chi connectivity index (χ2n) is 6.53. The highest BCUT2D eigenvalue weighted by molar-refractivity contribution is 6.32. The van der Waals surface area contributed by atoms with Crippen LogP contribution in [0.4, 0.5) is 0 Å². The molecule has 2 unspecified atom stereocenters. The molecule has 0 bridgehead atoms. The first-order valence-corrected chi connectivity index (χ1v) is 9.52. The van der Waals surface area contributed by atoms with Gasteiger partial charge >= 0.3 is 5.97 Å². The molecule has 140 valence electrons. The maximum absolute atomic E-state index is 12.6. The lowest BCUT2D eigenvalue weighted by molar-refractivity contribution is -0.140. The molecule has 2 atom stereocenters. The minimum atomic E-state index is -0.540. The fraction of sp³-hybridized carbons (Fsp3) is 0.500. The highest BCUT2D eigenvalue weighted by atomic mass is 35.5. The second-order valence-corrected chi connectivity index (χ2v) is 6.94. The van der Waals surface area contributed by atoms with Gasteiger partial charge in [-0.05, 0) is 49.9 Å². The van der Waals surface area contributed by atoms with Crippen LogP contribution in [0, 0.1) is 0 Å². The molecule has 2 heterocycles. The molecule has 0 radical (unpaired) electrons. The first-order chi connectivity index (χ1) is 12.5. The fourth-order valence-corrected chi connectivity index (χ4v) is 4.01. The van der Waals surface area contributed by atoms with Gasteiger partial charge in [0.2, 0.25) is 0 Å². The van der Waals surface area contributed by atoms with Gasteiger partial charge in [-0.2, -0.15) is 0 Å². The number of rotatable bonds is 5. The van der Waals surface area contributed by atoms with Gasteiger partial charge in [-0.1, -0.05) is 18.5 Å². The topological polar surface area (TPSA) is 55.8 Å². The van der Waals surface area contributed by atoms with Crippen molar-refractivity contribution in [3.8, 4) is 5.75 Å². The van der Waals surface area contributed by atoms with Gasteiger partial charge in [-0.25, -0.2) is 4.79 Å². The minimum Gasteiger partial charge on any atom is -0.492 e. The number of ether oxygens (including phenoxy) is 2. The number of carbonyl (C=O) groups excluding carboxylic acids is 2. The molecule has 2 aliphatic rings. The predicted molar refractivity (Wildman–Crippen MR) is 99.3 cm³/mol. The average Bonchev–Trinajstić information content (AvgIpc) is 2.62. The van der Waals surface area contributed by atoms with Crippen molar-refractivity contribution < 1.29 is 19.1 Å². The molecule has 0 saturated heterocycles. The lowest BCUT2D eigenvalue weighted by atomic mass is 9.82. The standard InChI is InChI=1S/C20H24ClNO4/c1-4-13-7-12-8-19(25-5-2)16(21)9-14(12)17-10-18(23)15(11-22(13)17)20(24)26-6-3/h8-9,11,13,17H,4-7,10H2,1-3H3. The lowest BCUT2D eigenvalue weighted by Crippen LogP contribution is -2.44. The van der Waals surface area contributed by atoms with E-state index >= 15 is 0 Å². The number of nitrogens with zero attached hydrogens (tertiary/aromatic N) is 1. The fourth-order valence-electron chi connectivity index (χ4n) is 3.79. The Labute approximate surface area is 158 Å². The van der Waals surface area contributed by atoms with Crippen LogP contribution in [-0.4, -0.2) is 35.9 Å². The summed E-state index contributed by atoms with van der Waals surface area (Å²) in [5.74, 6) is -0.0418. The third-order valence-corrected chi connectivity index (χ3v) is 5.31. The Morgan fingerprint density at radius 1 is 1.23 bits per heavy atom. The van der Waals surface area contributed by atoms with Gasteiger partial charge in [0, 0.05) is 18.7 Å². The third kappa shape index (κ3) is 3.32. The zero-order chi connectivity index (χ0) is 18.8. The molecular formula is C20H24ClNO4. The molecule has 5 nitrogen and oxygen atoms in total. The number of carbonyl (C=O) groups is 2. The third-order valence-electron chi connectivity index (χ3n) is 5.01. The molecule has 0 amide bonds. The maximum atomic E-state index is 12.6. The normalized spacial score (nSPS) is 21.6. The predicted octanol–water partition coefficient (Wildman–Crippen LogP) is 3.84. The van der Waals surface area contributed by atoms with Gasteiger partial charge < -0.3 is 14.4 Å². The largest absolute Gasteiger partial charge is 0.492 e. The van der Waals surface area contributed by atoms with Crippen LogP contribution in [0.2, 0.25) is 5.02 Å². The molecule has 1 aromatic carbocycles. The molecule has 0 aliphatic carbocycles. The van der Waals surface area contributed by atoms with E-state index in [-0.39, 0.29) is 36.5 Å². The zero-order valence-corrected chi connectivity index (χ0v) is 16.1. The number of halogens is 1. The van der Waals surface area contributed by atoms with Crippen molar-refractivity contribution in [2.45, 2.75) is 52.1 Å². The number of hydrogen-bond donors (Lipinski definition) is 0. The summed E-state index contributed by atoms with van der Waals surface area (Å²) < 4.78 is 10.7. The minimum absolute atomic E-state index is 0.109. The number of Topliss-reactive ketones (excluding diaryl/α,β-unsaturated/α-hetero) is 1. The zero-order valence-electron chi connectivity index (χ0n) is 15.4. The molecule has 2 aliphatic heterocycles.